The second-order valence-corrected chi connectivity index (χ2v) is 8.03. The Kier molecular flexibility index (Phi) is 5.92. The van der Waals surface area contributed by atoms with Crippen LogP contribution in [0.4, 0.5) is 0 Å². The van der Waals surface area contributed by atoms with E-state index in [1.54, 1.807) is 22.3 Å². The molecule has 3 aromatic carbocycles. The fraction of sp³-hybridized carbons (Fsp3) is 0.333. The van der Waals surface area contributed by atoms with E-state index in [9.17, 15) is 0 Å². The molecule has 0 aromatic heterocycles. The molecule has 0 radical (unpaired) electrons. The normalized spacial score (nSPS) is 13.8. The Morgan fingerprint density at radius 2 is 1.11 bits per heavy atom. The maximum Gasteiger partial charge on any atom is 0.0240 e. The first kappa shape index (κ1) is 19.0. The van der Waals surface area contributed by atoms with E-state index < -0.39 is 0 Å². The Bertz CT molecular complexity index is 824. The summed E-state index contributed by atoms with van der Waals surface area (Å²) in [5.74, 6) is 0. The van der Waals surface area contributed by atoms with Crippen molar-refractivity contribution in [2.24, 2.45) is 0 Å². The topological polar surface area (TPSA) is 3.24 Å². The van der Waals surface area contributed by atoms with E-state index >= 15 is 0 Å². The van der Waals surface area contributed by atoms with Crippen molar-refractivity contribution in [1.29, 1.82) is 0 Å². The molecule has 1 nitrogen and oxygen atoms in total. The van der Waals surface area contributed by atoms with Gasteiger partial charge >= 0.3 is 0 Å². The fourth-order valence-corrected chi connectivity index (χ4v) is 4.62. The van der Waals surface area contributed by atoms with Crippen molar-refractivity contribution in [1.82, 2.24) is 4.90 Å². The van der Waals surface area contributed by atoms with Gasteiger partial charge in [-0.15, -0.1) is 0 Å². The third kappa shape index (κ3) is 4.20. The Morgan fingerprint density at radius 3 is 1.50 bits per heavy atom. The quantitative estimate of drug-likeness (QED) is 0.495. The SMILES string of the molecule is CCc1cc2c(cc1CC)CC(N(Cc1ccccc1)Cc1ccccc1)C2. The van der Waals surface area contributed by atoms with Crippen molar-refractivity contribution in [2.45, 2.75) is 58.7 Å². The van der Waals surface area contributed by atoms with Gasteiger partial charge in [0.2, 0.25) is 0 Å². The minimum absolute atomic E-state index is 0.576. The first-order valence-electron chi connectivity index (χ1n) is 10.7. The van der Waals surface area contributed by atoms with Gasteiger partial charge in [-0.25, -0.2) is 0 Å². The Hall–Kier alpha value is -2.38. The van der Waals surface area contributed by atoms with Crippen molar-refractivity contribution in [3.05, 3.63) is 106 Å². The third-order valence-corrected chi connectivity index (χ3v) is 6.17. The summed E-state index contributed by atoms with van der Waals surface area (Å²) >= 11 is 0. The highest BCUT2D eigenvalue weighted by molar-refractivity contribution is 5.42. The van der Waals surface area contributed by atoms with Gasteiger partial charge in [-0.05, 0) is 59.1 Å². The molecule has 28 heavy (non-hydrogen) atoms. The van der Waals surface area contributed by atoms with Gasteiger partial charge in [0.1, 0.15) is 0 Å². The molecule has 0 N–H and O–H groups in total. The van der Waals surface area contributed by atoms with Crippen LogP contribution in [0.15, 0.2) is 72.8 Å². The molecule has 0 fully saturated rings. The second kappa shape index (κ2) is 8.75. The zero-order chi connectivity index (χ0) is 19.3. The van der Waals surface area contributed by atoms with Crippen LogP contribution in [0.3, 0.4) is 0 Å². The number of fused-ring (bicyclic) bond motifs is 1. The number of rotatable bonds is 7. The standard InChI is InChI=1S/C27H31N/c1-3-23-15-25-17-27(18-26(25)16-24(23)4-2)28(19-21-11-7-5-8-12-21)20-22-13-9-6-10-14-22/h5-16,27H,3-4,17-20H2,1-2H3. The molecule has 0 aliphatic heterocycles. The molecule has 4 rings (SSSR count). The maximum atomic E-state index is 2.68. The van der Waals surface area contributed by atoms with Crippen LogP contribution >= 0.6 is 0 Å². The molecule has 0 bridgehead atoms. The van der Waals surface area contributed by atoms with Crippen LogP contribution in [-0.4, -0.2) is 10.9 Å². The highest BCUT2D eigenvalue weighted by atomic mass is 15.2. The van der Waals surface area contributed by atoms with Gasteiger partial charge in [-0.3, -0.25) is 4.90 Å². The van der Waals surface area contributed by atoms with Crippen LogP contribution in [0.1, 0.15) is 47.2 Å². The molecule has 1 aliphatic rings. The minimum Gasteiger partial charge on any atom is -0.291 e. The predicted octanol–water partition coefficient (Wildman–Crippen LogP) is 5.98. The van der Waals surface area contributed by atoms with Gasteiger partial charge in [-0.1, -0.05) is 86.6 Å². The summed E-state index contributed by atoms with van der Waals surface area (Å²) in [6.07, 6.45) is 4.62. The number of aryl methyl sites for hydroxylation is 2. The van der Waals surface area contributed by atoms with Gasteiger partial charge < -0.3 is 0 Å². The van der Waals surface area contributed by atoms with Gasteiger partial charge in [0.25, 0.3) is 0 Å². The highest BCUT2D eigenvalue weighted by Gasteiger charge is 2.28. The molecule has 3 aromatic rings. The molecule has 0 saturated carbocycles. The molecule has 0 heterocycles. The van der Waals surface area contributed by atoms with Crippen molar-refractivity contribution < 1.29 is 0 Å². The summed E-state index contributed by atoms with van der Waals surface area (Å²) in [4.78, 5) is 2.68. The Morgan fingerprint density at radius 1 is 0.679 bits per heavy atom. The largest absolute Gasteiger partial charge is 0.291 e. The van der Waals surface area contributed by atoms with Crippen LogP contribution in [0, 0.1) is 0 Å². The van der Waals surface area contributed by atoms with Gasteiger partial charge in [-0.2, -0.15) is 0 Å². The average molecular weight is 370 g/mol. The average Bonchev–Trinajstić information content (AvgIpc) is 3.16. The van der Waals surface area contributed by atoms with Crippen LogP contribution in [0.25, 0.3) is 0 Å². The van der Waals surface area contributed by atoms with E-state index in [1.165, 1.54) is 24.0 Å². The van der Waals surface area contributed by atoms with E-state index in [-0.39, 0.29) is 0 Å². The molecule has 144 valence electrons. The summed E-state index contributed by atoms with van der Waals surface area (Å²) in [6.45, 7) is 6.58. The van der Waals surface area contributed by atoms with E-state index in [4.69, 9.17) is 0 Å². The van der Waals surface area contributed by atoms with Crippen LogP contribution in [-0.2, 0) is 38.8 Å². The first-order valence-corrected chi connectivity index (χ1v) is 10.7. The molecule has 0 amide bonds. The molecule has 1 heteroatoms. The lowest BCUT2D eigenvalue weighted by atomic mass is 9.97. The van der Waals surface area contributed by atoms with Gasteiger partial charge in [0, 0.05) is 19.1 Å². The monoisotopic (exact) mass is 369 g/mol. The minimum atomic E-state index is 0.576. The van der Waals surface area contributed by atoms with Crippen LogP contribution < -0.4 is 0 Å². The number of hydrogen-bond acceptors (Lipinski definition) is 1. The van der Waals surface area contributed by atoms with Crippen LogP contribution in [0.5, 0.6) is 0 Å². The molecule has 0 saturated heterocycles. The highest BCUT2D eigenvalue weighted by Crippen LogP contribution is 2.31. The number of nitrogens with zero attached hydrogens (tertiary/aromatic N) is 1. The van der Waals surface area contributed by atoms with E-state index in [2.05, 4.69) is 91.5 Å². The summed E-state index contributed by atoms with van der Waals surface area (Å²) in [5.41, 5.74) is 9.03. The Labute approximate surface area is 170 Å². The number of hydrogen-bond donors (Lipinski definition) is 0. The first-order chi connectivity index (χ1) is 13.8. The summed E-state index contributed by atoms with van der Waals surface area (Å²) in [7, 11) is 0. The molecular formula is C27H31N. The Balaban J connectivity index is 1.59. The molecule has 0 atom stereocenters. The molecule has 0 spiro atoms. The van der Waals surface area contributed by atoms with Crippen molar-refractivity contribution >= 4 is 0 Å². The third-order valence-electron chi connectivity index (χ3n) is 6.17. The van der Waals surface area contributed by atoms with Crippen molar-refractivity contribution in [3.8, 4) is 0 Å². The molecule has 0 unspecified atom stereocenters. The summed E-state index contributed by atoms with van der Waals surface area (Å²) < 4.78 is 0. The summed E-state index contributed by atoms with van der Waals surface area (Å²) in [6, 6.07) is 27.4. The number of benzene rings is 3. The lowest BCUT2D eigenvalue weighted by Gasteiger charge is -2.29. The van der Waals surface area contributed by atoms with Crippen molar-refractivity contribution in [3.63, 3.8) is 0 Å². The maximum absolute atomic E-state index is 2.68. The lowest BCUT2D eigenvalue weighted by molar-refractivity contribution is 0.183. The lowest BCUT2D eigenvalue weighted by Crippen LogP contribution is -2.35. The zero-order valence-corrected chi connectivity index (χ0v) is 17.2. The summed E-state index contributed by atoms with van der Waals surface area (Å²) in [5, 5.41) is 0. The van der Waals surface area contributed by atoms with Crippen molar-refractivity contribution in [2.75, 3.05) is 0 Å². The fourth-order valence-electron chi connectivity index (χ4n) is 4.62. The molecular weight excluding hydrogens is 338 g/mol. The predicted molar refractivity (Wildman–Crippen MR) is 119 cm³/mol. The van der Waals surface area contributed by atoms with Gasteiger partial charge in [0.15, 0.2) is 0 Å². The van der Waals surface area contributed by atoms with Gasteiger partial charge in [0.05, 0.1) is 0 Å². The van der Waals surface area contributed by atoms with E-state index in [0.717, 1.165) is 25.9 Å². The zero-order valence-electron chi connectivity index (χ0n) is 17.2. The van der Waals surface area contributed by atoms with Crippen LogP contribution in [0.2, 0.25) is 0 Å². The molecule has 1 aliphatic carbocycles. The second-order valence-electron chi connectivity index (χ2n) is 8.03. The van der Waals surface area contributed by atoms with E-state index in [0.29, 0.717) is 6.04 Å². The smallest absolute Gasteiger partial charge is 0.0240 e. The van der Waals surface area contributed by atoms with E-state index in [1.807, 2.05) is 0 Å².